The number of Topliss-reactive ketones (excluding diaryl/α,β-unsaturated/α-hetero) is 1. The highest BCUT2D eigenvalue weighted by molar-refractivity contribution is 6.46. The van der Waals surface area contributed by atoms with E-state index in [2.05, 4.69) is 0 Å². The minimum absolute atomic E-state index is 0.000383. The van der Waals surface area contributed by atoms with E-state index in [0.717, 1.165) is 6.54 Å². The Bertz CT molecular complexity index is 998. The molecule has 0 unspecified atom stereocenters. The number of nitrogens with zero attached hydrogens (tertiary/aromatic N) is 2. The SMILES string of the molecule is CC(C)Oc1ccc(C(O)=C2C(=O)C(=O)N(CCCN(C)C)[C@@H]2c2ccc(F)cc2)cc1. The number of hydrogen-bond acceptors (Lipinski definition) is 5. The van der Waals surface area contributed by atoms with Crippen LogP contribution in [0.5, 0.6) is 5.75 Å². The highest BCUT2D eigenvalue weighted by Crippen LogP contribution is 2.39. The molecule has 1 N–H and O–H groups in total. The lowest BCUT2D eigenvalue weighted by molar-refractivity contribution is -0.139. The number of ether oxygens (including phenoxy) is 1. The molecule has 1 aliphatic rings. The highest BCUT2D eigenvalue weighted by atomic mass is 19.1. The van der Waals surface area contributed by atoms with Crippen molar-refractivity contribution in [1.82, 2.24) is 9.80 Å². The van der Waals surface area contributed by atoms with Gasteiger partial charge in [0.2, 0.25) is 0 Å². The van der Waals surface area contributed by atoms with Gasteiger partial charge in [0.1, 0.15) is 17.3 Å². The Labute approximate surface area is 187 Å². The third-order valence-electron chi connectivity index (χ3n) is 5.23. The van der Waals surface area contributed by atoms with E-state index in [9.17, 15) is 19.1 Å². The quantitative estimate of drug-likeness (QED) is 0.382. The van der Waals surface area contributed by atoms with E-state index >= 15 is 0 Å². The van der Waals surface area contributed by atoms with E-state index in [1.54, 1.807) is 24.3 Å². The molecule has 3 rings (SSSR count). The number of aliphatic hydroxyl groups is 1. The molecule has 7 heteroatoms. The maximum Gasteiger partial charge on any atom is 0.295 e. The number of rotatable bonds is 8. The van der Waals surface area contributed by atoms with Gasteiger partial charge in [0.15, 0.2) is 0 Å². The molecule has 2 aromatic rings. The van der Waals surface area contributed by atoms with Gasteiger partial charge in [0.25, 0.3) is 11.7 Å². The molecular formula is C25H29FN2O4. The first-order chi connectivity index (χ1) is 15.2. The molecule has 1 saturated heterocycles. The Morgan fingerprint density at radius 2 is 1.72 bits per heavy atom. The lowest BCUT2D eigenvalue weighted by atomic mass is 9.95. The van der Waals surface area contributed by atoms with Crippen LogP contribution >= 0.6 is 0 Å². The summed E-state index contributed by atoms with van der Waals surface area (Å²) in [6, 6.07) is 11.6. The third kappa shape index (κ3) is 5.16. The van der Waals surface area contributed by atoms with Crippen LogP contribution in [0.25, 0.3) is 5.76 Å². The minimum Gasteiger partial charge on any atom is -0.507 e. The van der Waals surface area contributed by atoms with Crippen molar-refractivity contribution in [3.05, 3.63) is 71.0 Å². The van der Waals surface area contributed by atoms with Crippen LogP contribution in [0.15, 0.2) is 54.1 Å². The predicted octanol–water partition coefficient (Wildman–Crippen LogP) is 3.99. The average Bonchev–Trinajstić information content (AvgIpc) is 2.99. The van der Waals surface area contributed by atoms with E-state index in [1.807, 2.05) is 32.8 Å². The van der Waals surface area contributed by atoms with Crippen molar-refractivity contribution in [3.63, 3.8) is 0 Å². The summed E-state index contributed by atoms with van der Waals surface area (Å²) in [7, 11) is 3.86. The summed E-state index contributed by atoms with van der Waals surface area (Å²) in [5.74, 6) is -1.46. The summed E-state index contributed by atoms with van der Waals surface area (Å²) in [5.41, 5.74) is 0.972. The first kappa shape index (κ1) is 23.5. The Kier molecular flexibility index (Phi) is 7.30. The van der Waals surface area contributed by atoms with Gasteiger partial charge in [-0.3, -0.25) is 9.59 Å². The largest absolute Gasteiger partial charge is 0.507 e. The molecule has 1 heterocycles. The van der Waals surface area contributed by atoms with Gasteiger partial charge < -0.3 is 19.6 Å². The number of likely N-dealkylation sites (tertiary alicyclic amines) is 1. The maximum absolute atomic E-state index is 13.5. The first-order valence-electron chi connectivity index (χ1n) is 10.6. The summed E-state index contributed by atoms with van der Waals surface area (Å²) < 4.78 is 19.2. The number of carbonyl (C=O) groups is 2. The summed E-state index contributed by atoms with van der Waals surface area (Å²) in [5, 5.41) is 11.1. The van der Waals surface area contributed by atoms with Crippen molar-refractivity contribution in [2.75, 3.05) is 27.2 Å². The monoisotopic (exact) mass is 440 g/mol. The lowest BCUT2D eigenvalue weighted by Crippen LogP contribution is -2.32. The van der Waals surface area contributed by atoms with Crippen LogP contribution in [0.1, 0.15) is 37.4 Å². The van der Waals surface area contributed by atoms with Crippen LogP contribution in [0.2, 0.25) is 0 Å². The first-order valence-corrected chi connectivity index (χ1v) is 10.6. The number of aliphatic hydroxyl groups excluding tert-OH is 1. The molecule has 1 aliphatic heterocycles. The molecule has 170 valence electrons. The van der Waals surface area contributed by atoms with Gasteiger partial charge in [0.05, 0.1) is 17.7 Å². The second kappa shape index (κ2) is 9.96. The molecule has 1 amide bonds. The van der Waals surface area contributed by atoms with Crippen LogP contribution in [0.3, 0.4) is 0 Å². The molecule has 1 atom stereocenters. The summed E-state index contributed by atoms with van der Waals surface area (Å²) in [6.45, 7) is 4.89. The van der Waals surface area contributed by atoms with Crippen LogP contribution < -0.4 is 4.74 Å². The van der Waals surface area contributed by atoms with E-state index in [-0.39, 0.29) is 17.4 Å². The summed E-state index contributed by atoms with van der Waals surface area (Å²) in [4.78, 5) is 29.3. The van der Waals surface area contributed by atoms with Crippen molar-refractivity contribution in [1.29, 1.82) is 0 Å². The molecule has 2 aromatic carbocycles. The zero-order valence-corrected chi connectivity index (χ0v) is 18.8. The van der Waals surface area contributed by atoms with Gasteiger partial charge in [-0.15, -0.1) is 0 Å². The predicted molar refractivity (Wildman–Crippen MR) is 121 cm³/mol. The van der Waals surface area contributed by atoms with Gasteiger partial charge in [-0.05, 0) is 82.9 Å². The van der Waals surface area contributed by atoms with Crippen LogP contribution in [-0.2, 0) is 9.59 Å². The fraction of sp³-hybridized carbons (Fsp3) is 0.360. The van der Waals surface area contributed by atoms with Crippen molar-refractivity contribution in [3.8, 4) is 5.75 Å². The van der Waals surface area contributed by atoms with E-state index < -0.39 is 23.5 Å². The van der Waals surface area contributed by atoms with E-state index in [1.165, 1.54) is 29.2 Å². The fourth-order valence-electron chi connectivity index (χ4n) is 3.78. The normalized spacial score (nSPS) is 18.1. The molecule has 0 spiro atoms. The number of halogens is 1. The molecule has 6 nitrogen and oxygen atoms in total. The Balaban J connectivity index is 2.03. The van der Waals surface area contributed by atoms with Crippen LogP contribution in [0, 0.1) is 5.82 Å². The fourth-order valence-corrected chi connectivity index (χ4v) is 3.78. The number of carbonyl (C=O) groups excluding carboxylic acids is 2. The number of hydrogen-bond donors (Lipinski definition) is 1. The lowest BCUT2D eigenvalue weighted by Gasteiger charge is -2.26. The van der Waals surface area contributed by atoms with Gasteiger partial charge in [-0.25, -0.2) is 4.39 Å². The Morgan fingerprint density at radius 1 is 1.09 bits per heavy atom. The topological polar surface area (TPSA) is 70.1 Å². The number of benzene rings is 2. The third-order valence-corrected chi connectivity index (χ3v) is 5.23. The van der Waals surface area contributed by atoms with Crippen LogP contribution in [0.4, 0.5) is 4.39 Å². The van der Waals surface area contributed by atoms with E-state index in [4.69, 9.17) is 4.74 Å². The van der Waals surface area contributed by atoms with E-state index in [0.29, 0.717) is 29.8 Å². The van der Waals surface area contributed by atoms with Crippen molar-refractivity contribution < 1.29 is 23.8 Å². The smallest absolute Gasteiger partial charge is 0.295 e. The molecule has 32 heavy (non-hydrogen) atoms. The zero-order chi connectivity index (χ0) is 23.4. The molecule has 0 aliphatic carbocycles. The molecule has 0 radical (unpaired) electrons. The molecule has 0 aromatic heterocycles. The van der Waals surface area contributed by atoms with Gasteiger partial charge in [-0.1, -0.05) is 12.1 Å². The summed E-state index contributed by atoms with van der Waals surface area (Å²) in [6.07, 6.45) is 0.652. The summed E-state index contributed by atoms with van der Waals surface area (Å²) >= 11 is 0. The van der Waals surface area contributed by atoms with Gasteiger partial charge in [-0.2, -0.15) is 0 Å². The average molecular weight is 441 g/mol. The Morgan fingerprint density at radius 3 is 2.28 bits per heavy atom. The second-order valence-corrected chi connectivity index (χ2v) is 8.39. The molecule has 0 saturated carbocycles. The molecule has 0 bridgehead atoms. The van der Waals surface area contributed by atoms with Crippen LogP contribution in [-0.4, -0.2) is 59.9 Å². The number of amides is 1. The standard InChI is InChI=1S/C25H29FN2O4/c1-16(2)32-20-12-8-18(9-13-20)23(29)21-22(17-6-10-19(26)11-7-17)28(25(31)24(21)30)15-5-14-27(3)4/h6-13,16,22,29H,5,14-15H2,1-4H3/t22-/m1/s1. The van der Waals surface area contributed by atoms with Gasteiger partial charge >= 0.3 is 0 Å². The minimum atomic E-state index is -0.788. The zero-order valence-electron chi connectivity index (χ0n) is 18.8. The molecule has 1 fully saturated rings. The maximum atomic E-state index is 13.5. The Hall–Kier alpha value is -3.19. The van der Waals surface area contributed by atoms with Crippen molar-refractivity contribution in [2.24, 2.45) is 0 Å². The van der Waals surface area contributed by atoms with Crippen molar-refractivity contribution in [2.45, 2.75) is 32.4 Å². The van der Waals surface area contributed by atoms with Crippen molar-refractivity contribution >= 4 is 17.4 Å². The second-order valence-electron chi connectivity index (χ2n) is 8.39. The highest BCUT2D eigenvalue weighted by Gasteiger charge is 2.45. The van der Waals surface area contributed by atoms with Gasteiger partial charge in [0, 0.05) is 12.1 Å². The number of ketones is 1. The molecular weight excluding hydrogens is 411 g/mol.